The second-order valence-corrected chi connectivity index (χ2v) is 2.84. The van der Waals surface area contributed by atoms with Crippen LogP contribution in [0.2, 0.25) is 0 Å². The molecule has 0 bridgehead atoms. The molecule has 13 heavy (non-hydrogen) atoms. The van der Waals surface area contributed by atoms with Crippen LogP contribution < -0.4 is 0 Å². The van der Waals surface area contributed by atoms with Gasteiger partial charge in [-0.15, -0.1) is 0 Å². The number of hydrogen-bond donors (Lipinski definition) is 1. The summed E-state index contributed by atoms with van der Waals surface area (Å²) in [6.07, 6.45) is -5.43. The Hall–Kier alpha value is -0.780. The Morgan fingerprint density at radius 1 is 1.31 bits per heavy atom. The first-order valence-corrected chi connectivity index (χ1v) is 3.96. The van der Waals surface area contributed by atoms with Crippen LogP contribution in [-0.4, -0.2) is 43.2 Å². The molecule has 0 aromatic heterocycles. The third-order valence-corrected chi connectivity index (χ3v) is 1.76. The number of halogens is 3. The standard InChI is InChI=1S/C7H11F3N2O/c8-7(9,10)5-6(11)12-1-3-13-4-2-12/h11H,1-5H2. The van der Waals surface area contributed by atoms with Crippen LogP contribution in [0.3, 0.4) is 0 Å². The van der Waals surface area contributed by atoms with Gasteiger partial charge >= 0.3 is 6.18 Å². The maximum absolute atomic E-state index is 11.9. The zero-order chi connectivity index (χ0) is 9.90. The Bertz CT molecular complexity index is 187. The van der Waals surface area contributed by atoms with Crippen molar-refractivity contribution >= 4 is 5.84 Å². The van der Waals surface area contributed by atoms with Crippen LogP contribution in [0.15, 0.2) is 0 Å². The lowest BCUT2D eigenvalue weighted by molar-refractivity contribution is -0.123. The first-order chi connectivity index (χ1) is 5.99. The van der Waals surface area contributed by atoms with Crippen LogP contribution in [0.1, 0.15) is 6.42 Å². The predicted octanol–water partition coefficient (Wildman–Crippen LogP) is 1.25. The molecule has 0 amide bonds. The number of ether oxygens (including phenoxy) is 1. The molecule has 0 spiro atoms. The summed E-state index contributed by atoms with van der Waals surface area (Å²) in [5, 5.41) is 7.19. The van der Waals surface area contributed by atoms with Crippen LogP contribution in [-0.2, 0) is 4.74 Å². The minimum absolute atomic E-state index is 0.365. The van der Waals surface area contributed by atoms with E-state index < -0.39 is 12.6 Å². The molecule has 1 aliphatic rings. The number of hydrogen-bond acceptors (Lipinski definition) is 2. The summed E-state index contributed by atoms with van der Waals surface area (Å²) < 4.78 is 40.5. The molecule has 0 radical (unpaired) electrons. The van der Waals surface area contributed by atoms with Gasteiger partial charge in [-0.05, 0) is 0 Å². The average molecular weight is 196 g/mol. The van der Waals surface area contributed by atoms with Crippen LogP contribution >= 0.6 is 0 Å². The van der Waals surface area contributed by atoms with Crippen LogP contribution in [0.5, 0.6) is 0 Å². The molecule has 0 aromatic carbocycles. The maximum atomic E-state index is 11.9. The van der Waals surface area contributed by atoms with E-state index in [0.29, 0.717) is 26.3 Å². The fourth-order valence-electron chi connectivity index (χ4n) is 1.13. The molecule has 1 fully saturated rings. The Morgan fingerprint density at radius 2 is 1.85 bits per heavy atom. The fraction of sp³-hybridized carbons (Fsp3) is 0.857. The van der Waals surface area contributed by atoms with Crippen molar-refractivity contribution in [2.75, 3.05) is 26.3 Å². The van der Waals surface area contributed by atoms with Gasteiger partial charge in [0.15, 0.2) is 0 Å². The van der Waals surface area contributed by atoms with Gasteiger partial charge in [0.2, 0.25) is 0 Å². The van der Waals surface area contributed by atoms with E-state index >= 15 is 0 Å². The van der Waals surface area contributed by atoms with E-state index in [2.05, 4.69) is 0 Å². The second kappa shape index (κ2) is 3.95. The van der Waals surface area contributed by atoms with Crippen LogP contribution in [0.25, 0.3) is 0 Å². The van der Waals surface area contributed by atoms with Gasteiger partial charge in [0, 0.05) is 13.1 Å². The number of nitrogens with zero attached hydrogens (tertiary/aromatic N) is 1. The van der Waals surface area contributed by atoms with Crippen molar-refractivity contribution in [2.24, 2.45) is 0 Å². The Morgan fingerprint density at radius 3 is 2.31 bits per heavy atom. The molecule has 0 unspecified atom stereocenters. The fourth-order valence-corrected chi connectivity index (χ4v) is 1.13. The number of alkyl halides is 3. The smallest absolute Gasteiger partial charge is 0.378 e. The maximum Gasteiger partial charge on any atom is 0.396 e. The Balaban J connectivity index is 2.38. The van der Waals surface area contributed by atoms with Gasteiger partial charge in [-0.2, -0.15) is 13.2 Å². The van der Waals surface area contributed by atoms with E-state index in [1.807, 2.05) is 0 Å². The van der Waals surface area contributed by atoms with Crippen molar-refractivity contribution < 1.29 is 17.9 Å². The molecule has 1 heterocycles. The van der Waals surface area contributed by atoms with E-state index in [4.69, 9.17) is 10.1 Å². The highest BCUT2D eigenvalue weighted by molar-refractivity contribution is 5.79. The highest BCUT2D eigenvalue weighted by atomic mass is 19.4. The Kier molecular flexibility index (Phi) is 3.13. The van der Waals surface area contributed by atoms with Crippen molar-refractivity contribution in [1.82, 2.24) is 4.90 Å². The van der Waals surface area contributed by atoms with Gasteiger partial charge in [0.1, 0.15) is 12.3 Å². The summed E-state index contributed by atoms with van der Waals surface area (Å²) in [5.41, 5.74) is 0. The summed E-state index contributed by atoms with van der Waals surface area (Å²) >= 11 is 0. The third-order valence-electron chi connectivity index (χ3n) is 1.76. The van der Waals surface area contributed by atoms with Gasteiger partial charge in [-0.3, -0.25) is 5.41 Å². The first-order valence-electron chi connectivity index (χ1n) is 3.96. The van der Waals surface area contributed by atoms with Crippen molar-refractivity contribution in [1.29, 1.82) is 5.41 Å². The molecule has 76 valence electrons. The molecule has 0 aromatic rings. The topological polar surface area (TPSA) is 36.3 Å². The average Bonchev–Trinajstić information content (AvgIpc) is 2.03. The minimum Gasteiger partial charge on any atom is -0.378 e. The normalized spacial score (nSPS) is 18.8. The third kappa shape index (κ3) is 3.63. The van der Waals surface area contributed by atoms with Gasteiger partial charge < -0.3 is 9.64 Å². The zero-order valence-corrected chi connectivity index (χ0v) is 7.02. The minimum atomic E-state index is -4.28. The number of morpholine rings is 1. The largest absolute Gasteiger partial charge is 0.396 e. The first kappa shape index (κ1) is 10.3. The molecule has 1 saturated heterocycles. The lowest BCUT2D eigenvalue weighted by atomic mass is 10.3. The van der Waals surface area contributed by atoms with Crippen LogP contribution in [0, 0.1) is 5.41 Å². The summed E-state index contributed by atoms with van der Waals surface area (Å²) in [6, 6.07) is 0. The van der Waals surface area contributed by atoms with Crippen LogP contribution in [0.4, 0.5) is 13.2 Å². The van der Waals surface area contributed by atoms with Gasteiger partial charge in [0.05, 0.1) is 13.2 Å². The molecule has 0 saturated carbocycles. The molecule has 1 rings (SSSR count). The quantitative estimate of drug-likeness (QED) is 0.506. The number of nitrogens with one attached hydrogen (secondary N) is 1. The lowest BCUT2D eigenvalue weighted by Crippen LogP contribution is -2.41. The van der Waals surface area contributed by atoms with Crippen molar-refractivity contribution in [2.45, 2.75) is 12.6 Å². The molecule has 1 aliphatic heterocycles. The monoisotopic (exact) mass is 196 g/mol. The van der Waals surface area contributed by atoms with Crippen molar-refractivity contribution in [3.05, 3.63) is 0 Å². The molecule has 1 N–H and O–H groups in total. The highest BCUT2D eigenvalue weighted by Gasteiger charge is 2.31. The Labute approximate surface area is 74.0 Å². The second-order valence-electron chi connectivity index (χ2n) is 2.84. The molecule has 0 aliphatic carbocycles. The predicted molar refractivity (Wildman–Crippen MR) is 40.8 cm³/mol. The summed E-state index contributed by atoms with van der Waals surface area (Å²) in [7, 11) is 0. The van der Waals surface area contributed by atoms with Gasteiger partial charge in [-0.1, -0.05) is 0 Å². The van der Waals surface area contributed by atoms with E-state index in [9.17, 15) is 13.2 Å². The van der Waals surface area contributed by atoms with Gasteiger partial charge in [-0.25, -0.2) is 0 Å². The summed E-state index contributed by atoms with van der Waals surface area (Å²) in [5.74, 6) is -0.365. The molecule has 6 heteroatoms. The summed E-state index contributed by atoms with van der Waals surface area (Å²) in [6.45, 7) is 1.57. The zero-order valence-electron chi connectivity index (χ0n) is 7.02. The van der Waals surface area contributed by atoms with E-state index in [1.54, 1.807) is 0 Å². The van der Waals surface area contributed by atoms with Crippen molar-refractivity contribution in [3.8, 4) is 0 Å². The highest BCUT2D eigenvalue weighted by Crippen LogP contribution is 2.20. The van der Waals surface area contributed by atoms with E-state index in [-0.39, 0.29) is 5.84 Å². The lowest BCUT2D eigenvalue weighted by Gasteiger charge is -2.29. The number of rotatable bonds is 1. The number of amidine groups is 1. The molecular formula is C7H11F3N2O. The SMILES string of the molecule is N=C(CC(F)(F)F)N1CCOCC1. The molecular weight excluding hydrogens is 185 g/mol. The molecule has 0 atom stereocenters. The van der Waals surface area contributed by atoms with E-state index in [1.165, 1.54) is 4.90 Å². The summed E-state index contributed by atoms with van der Waals surface area (Å²) in [4.78, 5) is 1.40. The molecule has 3 nitrogen and oxygen atoms in total. The van der Waals surface area contributed by atoms with Crippen molar-refractivity contribution in [3.63, 3.8) is 0 Å². The van der Waals surface area contributed by atoms with Gasteiger partial charge in [0.25, 0.3) is 0 Å². The van der Waals surface area contributed by atoms with E-state index in [0.717, 1.165) is 0 Å².